The first-order valence-corrected chi connectivity index (χ1v) is 7.81. The number of aromatic nitrogens is 1. The first-order chi connectivity index (χ1) is 12.1. The third kappa shape index (κ3) is 4.29. The first-order valence-electron chi connectivity index (χ1n) is 7.81. The maximum atomic E-state index is 12.4. The Morgan fingerprint density at radius 1 is 0.800 bits per heavy atom. The predicted molar refractivity (Wildman–Crippen MR) is 98.4 cm³/mol. The van der Waals surface area contributed by atoms with Crippen LogP contribution in [0.3, 0.4) is 0 Å². The van der Waals surface area contributed by atoms with Gasteiger partial charge in [-0.1, -0.05) is 30.3 Å². The van der Waals surface area contributed by atoms with E-state index in [-0.39, 0.29) is 11.8 Å². The summed E-state index contributed by atoms with van der Waals surface area (Å²) in [5, 5.41) is 5.51. The summed E-state index contributed by atoms with van der Waals surface area (Å²) in [6, 6.07) is 18.5. The lowest BCUT2D eigenvalue weighted by atomic mass is 10.1. The van der Waals surface area contributed by atoms with Crippen molar-refractivity contribution in [1.29, 1.82) is 0 Å². The van der Waals surface area contributed by atoms with E-state index in [9.17, 15) is 9.59 Å². The van der Waals surface area contributed by atoms with Gasteiger partial charge in [-0.3, -0.25) is 14.6 Å². The van der Waals surface area contributed by atoms with Crippen molar-refractivity contribution in [2.24, 2.45) is 0 Å². The second-order valence-corrected chi connectivity index (χ2v) is 5.54. The summed E-state index contributed by atoms with van der Waals surface area (Å²) in [6.07, 6.45) is 3.27. The van der Waals surface area contributed by atoms with Crippen LogP contribution in [0.5, 0.6) is 0 Å². The number of benzene rings is 2. The van der Waals surface area contributed by atoms with Crippen molar-refractivity contribution in [3.8, 4) is 11.1 Å². The van der Waals surface area contributed by atoms with Crippen molar-refractivity contribution in [3.63, 3.8) is 0 Å². The fourth-order valence-corrected chi connectivity index (χ4v) is 2.40. The number of pyridine rings is 1. The van der Waals surface area contributed by atoms with Gasteiger partial charge in [0.1, 0.15) is 0 Å². The average molecular weight is 331 g/mol. The Labute approximate surface area is 145 Å². The van der Waals surface area contributed by atoms with Crippen LogP contribution < -0.4 is 10.6 Å². The zero-order valence-electron chi connectivity index (χ0n) is 13.7. The van der Waals surface area contributed by atoms with Gasteiger partial charge in [-0.25, -0.2) is 0 Å². The molecule has 2 amide bonds. The average Bonchev–Trinajstić information content (AvgIpc) is 2.64. The van der Waals surface area contributed by atoms with E-state index in [1.807, 2.05) is 36.4 Å². The van der Waals surface area contributed by atoms with Crippen molar-refractivity contribution in [2.75, 3.05) is 10.6 Å². The smallest absolute Gasteiger partial charge is 0.257 e. The zero-order chi connectivity index (χ0) is 17.6. The molecule has 25 heavy (non-hydrogen) atoms. The number of nitrogens with one attached hydrogen (secondary N) is 2. The quantitative estimate of drug-likeness (QED) is 0.760. The minimum absolute atomic E-state index is 0.138. The van der Waals surface area contributed by atoms with Crippen LogP contribution in [0.4, 0.5) is 11.4 Å². The summed E-state index contributed by atoms with van der Waals surface area (Å²) in [5.74, 6) is -0.377. The molecule has 1 aromatic heterocycles. The minimum Gasteiger partial charge on any atom is -0.326 e. The van der Waals surface area contributed by atoms with Gasteiger partial charge in [-0.15, -0.1) is 0 Å². The minimum atomic E-state index is -0.238. The highest BCUT2D eigenvalue weighted by molar-refractivity contribution is 6.04. The van der Waals surface area contributed by atoms with E-state index >= 15 is 0 Å². The van der Waals surface area contributed by atoms with Crippen molar-refractivity contribution >= 4 is 23.2 Å². The molecule has 2 N–H and O–H groups in total. The molecular weight excluding hydrogens is 314 g/mol. The van der Waals surface area contributed by atoms with Gasteiger partial charge in [0, 0.05) is 36.3 Å². The van der Waals surface area contributed by atoms with Crippen LogP contribution in [0.2, 0.25) is 0 Å². The molecule has 1 heterocycles. The summed E-state index contributed by atoms with van der Waals surface area (Å²) in [5.41, 5.74) is 3.69. The normalized spacial score (nSPS) is 10.1. The summed E-state index contributed by atoms with van der Waals surface area (Å²) < 4.78 is 0. The van der Waals surface area contributed by atoms with Crippen LogP contribution in [-0.2, 0) is 4.79 Å². The van der Waals surface area contributed by atoms with Gasteiger partial charge < -0.3 is 10.6 Å². The fraction of sp³-hybridized carbons (Fsp3) is 0.0500. The van der Waals surface area contributed by atoms with Gasteiger partial charge in [0.15, 0.2) is 0 Å². The second-order valence-electron chi connectivity index (χ2n) is 5.54. The Kier molecular flexibility index (Phi) is 4.85. The molecule has 3 aromatic rings. The van der Waals surface area contributed by atoms with E-state index in [2.05, 4.69) is 15.6 Å². The molecule has 0 atom stereocenters. The molecule has 0 saturated heterocycles. The number of anilines is 2. The van der Waals surface area contributed by atoms with Crippen molar-refractivity contribution in [1.82, 2.24) is 4.98 Å². The predicted octanol–water partition coefficient (Wildman–Crippen LogP) is 3.96. The Morgan fingerprint density at radius 2 is 1.44 bits per heavy atom. The molecular formula is C20H17N3O2. The van der Waals surface area contributed by atoms with Gasteiger partial charge in [0.25, 0.3) is 5.91 Å². The molecule has 3 rings (SSSR count). The third-order valence-electron chi connectivity index (χ3n) is 3.57. The zero-order valence-corrected chi connectivity index (χ0v) is 13.7. The standard InChI is InChI=1S/C20H17N3O2/c1-14(24)22-18-7-9-19(10-8-18)23-20(25)17-11-16(12-21-13-17)15-5-3-2-4-6-15/h2-13H,1H3,(H,22,24)(H,23,25). The molecule has 5 heteroatoms. The number of rotatable bonds is 4. The maximum absolute atomic E-state index is 12.4. The van der Waals surface area contributed by atoms with E-state index in [4.69, 9.17) is 0 Å². The number of amides is 2. The molecule has 5 nitrogen and oxygen atoms in total. The van der Waals surface area contributed by atoms with E-state index in [1.54, 1.807) is 30.5 Å². The second kappa shape index (κ2) is 7.40. The largest absolute Gasteiger partial charge is 0.326 e. The monoisotopic (exact) mass is 331 g/mol. The number of nitrogens with zero attached hydrogens (tertiary/aromatic N) is 1. The van der Waals surface area contributed by atoms with Gasteiger partial charge in [0.05, 0.1) is 5.56 Å². The first kappa shape index (κ1) is 16.4. The molecule has 0 bridgehead atoms. The topological polar surface area (TPSA) is 71.1 Å². The highest BCUT2D eigenvalue weighted by atomic mass is 16.2. The molecule has 0 aliphatic heterocycles. The molecule has 0 aliphatic carbocycles. The molecule has 0 radical (unpaired) electrons. The van der Waals surface area contributed by atoms with E-state index in [0.717, 1.165) is 11.1 Å². The number of carbonyl (C=O) groups is 2. The Bertz CT molecular complexity index is 890. The summed E-state index contributed by atoms with van der Waals surface area (Å²) in [4.78, 5) is 27.6. The molecule has 0 fully saturated rings. The van der Waals surface area contributed by atoms with Gasteiger partial charge in [-0.05, 0) is 35.9 Å². The molecule has 124 valence electrons. The lowest BCUT2D eigenvalue weighted by molar-refractivity contribution is -0.114. The Hall–Kier alpha value is -3.47. The van der Waals surface area contributed by atoms with Crippen LogP contribution in [-0.4, -0.2) is 16.8 Å². The van der Waals surface area contributed by atoms with Crippen molar-refractivity contribution in [3.05, 3.63) is 78.6 Å². The SMILES string of the molecule is CC(=O)Nc1ccc(NC(=O)c2cncc(-c3ccccc3)c2)cc1. The van der Waals surface area contributed by atoms with Gasteiger partial charge >= 0.3 is 0 Å². The summed E-state index contributed by atoms with van der Waals surface area (Å²) in [7, 11) is 0. The van der Waals surface area contributed by atoms with Crippen molar-refractivity contribution in [2.45, 2.75) is 6.92 Å². The summed E-state index contributed by atoms with van der Waals surface area (Å²) >= 11 is 0. The van der Waals surface area contributed by atoms with Crippen LogP contribution in [0.1, 0.15) is 17.3 Å². The van der Waals surface area contributed by atoms with E-state index < -0.39 is 0 Å². The molecule has 0 aliphatic rings. The Balaban J connectivity index is 1.74. The molecule has 2 aromatic carbocycles. The number of hydrogen-bond donors (Lipinski definition) is 2. The molecule has 0 unspecified atom stereocenters. The third-order valence-corrected chi connectivity index (χ3v) is 3.57. The lowest BCUT2D eigenvalue weighted by Crippen LogP contribution is -2.12. The van der Waals surface area contributed by atoms with Crippen LogP contribution in [0, 0.1) is 0 Å². The highest BCUT2D eigenvalue weighted by Crippen LogP contribution is 2.20. The fourth-order valence-electron chi connectivity index (χ4n) is 2.40. The Morgan fingerprint density at radius 3 is 2.08 bits per heavy atom. The number of hydrogen-bond acceptors (Lipinski definition) is 3. The van der Waals surface area contributed by atoms with E-state index in [0.29, 0.717) is 16.9 Å². The summed E-state index contributed by atoms with van der Waals surface area (Å²) in [6.45, 7) is 1.45. The highest BCUT2D eigenvalue weighted by Gasteiger charge is 2.08. The van der Waals surface area contributed by atoms with Crippen LogP contribution in [0.15, 0.2) is 73.1 Å². The van der Waals surface area contributed by atoms with Crippen LogP contribution >= 0.6 is 0 Å². The van der Waals surface area contributed by atoms with Crippen molar-refractivity contribution < 1.29 is 9.59 Å². The lowest BCUT2D eigenvalue weighted by Gasteiger charge is -2.08. The van der Waals surface area contributed by atoms with Gasteiger partial charge in [-0.2, -0.15) is 0 Å². The molecule has 0 spiro atoms. The van der Waals surface area contributed by atoms with Gasteiger partial charge in [0.2, 0.25) is 5.91 Å². The van der Waals surface area contributed by atoms with Crippen LogP contribution in [0.25, 0.3) is 11.1 Å². The maximum Gasteiger partial charge on any atom is 0.257 e. The number of carbonyl (C=O) groups excluding carboxylic acids is 2. The molecule has 0 saturated carbocycles. The van der Waals surface area contributed by atoms with E-state index in [1.165, 1.54) is 13.1 Å².